The SMILES string of the molecule is c1ccc(Nc2ccc(-c3ccc(Nc4ccc(-c5ccccc5)cc4)cc3-c3ccc(-c4ccc(N(c5ccccc5)c5ccccc5)cc4)cc3)cc2)cc1. The molecular weight excluding hydrogens is 691 g/mol. The van der Waals surface area contributed by atoms with Crippen LogP contribution in [0.25, 0.3) is 44.5 Å². The van der Waals surface area contributed by atoms with E-state index in [0.29, 0.717) is 0 Å². The average Bonchev–Trinajstić information content (AvgIpc) is 3.29. The molecule has 0 bridgehead atoms. The third kappa shape index (κ3) is 8.10. The fourth-order valence-corrected chi connectivity index (χ4v) is 7.32. The monoisotopic (exact) mass is 731 g/mol. The van der Waals surface area contributed by atoms with Gasteiger partial charge in [0, 0.05) is 39.8 Å². The Morgan fingerprint density at radius 1 is 0.228 bits per heavy atom. The van der Waals surface area contributed by atoms with Gasteiger partial charge in [0.1, 0.15) is 0 Å². The summed E-state index contributed by atoms with van der Waals surface area (Å²) in [6.45, 7) is 0. The Labute approximate surface area is 335 Å². The van der Waals surface area contributed by atoms with E-state index in [4.69, 9.17) is 0 Å². The van der Waals surface area contributed by atoms with Crippen molar-refractivity contribution in [1.29, 1.82) is 0 Å². The van der Waals surface area contributed by atoms with Gasteiger partial charge in [0.2, 0.25) is 0 Å². The molecule has 2 N–H and O–H groups in total. The second kappa shape index (κ2) is 16.4. The van der Waals surface area contributed by atoms with Gasteiger partial charge in [-0.2, -0.15) is 0 Å². The molecule has 0 amide bonds. The molecule has 0 spiro atoms. The van der Waals surface area contributed by atoms with Crippen molar-refractivity contribution >= 4 is 39.8 Å². The van der Waals surface area contributed by atoms with Gasteiger partial charge in [-0.15, -0.1) is 0 Å². The van der Waals surface area contributed by atoms with Gasteiger partial charge in [-0.3, -0.25) is 0 Å². The molecule has 0 aliphatic carbocycles. The van der Waals surface area contributed by atoms with Crippen LogP contribution in [0, 0.1) is 0 Å². The predicted molar refractivity (Wildman–Crippen MR) is 242 cm³/mol. The van der Waals surface area contributed by atoms with E-state index < -0.39 is 0 Å². The number of hydrogen-bond donors (Lipinski definition) is 2. The quantitative estimate of drug-likeness (QED) is 0.139. The summed E-state index contributed by atoms with van der Waals surface area (Å²) in [7, 11) is 0. The van der Waals surface area contributed by atoms with Crippen molar-refractivity contribution in [3.8, 4) is 44.5 Å². The minimum Gasteiger partial charge on any atom is -0.356 e. The molecule has 0 heterocycles. The maximum Gasteiger partial charge on any atom is 0.0462 e. The maximum absolute atomic E-state index is 3.67. The van der Waals surface area contributed by atoms with Gasteiger partial charge >= 0.3 is 0 Å². The van der Waals surface area contributed by atoms with Gasteiger partial charge in [-0.1, -0.05) is 152 Å². The van der Waals surface area contributed by atoms with E-state index in [9.17, 15) is 0 Å². The number of anilines is 7. The lowest BCUT2D eigenvalue weighted by Gasteiger charge is -2.25. The van der Waals surface area contributed by atoms with E-state index in [0.717, 1.165) is 56.5 Å². The van der Waals surface area contributed by atoms with Crippen LogP contribution in [0.5, 0.6) is 0 Å². The summed E-state index contributed by atoms with van der Waals surface area (Å²) in [5.41, 5.74) is 16.9. The molecule has 9 aromatic carbocycles. The molecule has 0 aromatic heterocycles. The first-order valence-corrected chi connectivity index (χ1v) is 19.3. The van der Waals surface area contributed by atoms with Crippen molar-refractivity contribution in [2.75, 3.05) is 15.5 Å². The first-order chi connectivity index (χ1) is 28.2. The molecule has 0 unspecified atom stereocenters. The smallest absolute Gasteiger partial charge is 0.0462 e. The molecule has 272 valence electrons. The number of nitrogens with zero attached hydrogens (tertiary/aromatic N) is 1. The molecule has 0 radical (unpaired) electrons. The molecule has 0 saturated carbocycles. The van der Waals surface area contributed by atoms with E-state index in [-0.39, 0.29) is 0 Å². The highest BCUT2D eigenvalue weighted by atomic mass is 15.1. The lowest BCUT2D eigenvalue weighted by atomic mass is 9.92. The summed E-state index contributed by atoms with van der Waals surface area (Å²) < 4.78 is 0. The largest absolute Gasteiger partial charge is 0.356 e. The standard InChI is InChI=1S/C54H41N3/c1-5-13-40(14-6-1)42-25-31-48(32-26-42)56-49-35-38-53(44-27-33-47(34-28-44)55-46-15-7-2-8-16-46)54(39-49)45-23-21-41(22-24-45)43-29-36-52(37-30-43)57(50-17-9-3-10-18-50)51-19-11-4-12-20-51/h1-39,55-56H. The van der Waals surface area contributed by atoms with Crippen LogP contribution in [0.15, 0.2) is 237 Å². The lowest BCUT2D eigenvalue weighted by Crippen LogP contribution is -2.09. The summed E-state index contributed by atoms with van der Waals surface area (Å²) in [6, 6.07) is 83.6. The van der Waals surface area contributed by atoms with Crippen LogP contribution >= 0.6 is 0 Å². The van der Waals surface area contributed by atoms with Crippen LogP contribution in [0.4, 0.5) is 39.8 Å². The van der Waals surface area contributed by atoms with Gasteiger partial charge in [-0.25, -0.2) is 0 Å². The lowest BCUT2D eigenvalue weighted by molar-refractivity contribution is 1.28. The fraction of sp³-hybridized carbons (Fsp3) is 0. The molecule has 0 aliphatic heterocycles. The van der Waals surface area contributed by atoms with E-state index >= 15 is 0 Å². The molecule has 3 heteroatoms. The van der Waals surface area contributed by atoms with Crippen LogP contribution in [0.2, 0.25) is 0 Å². The molecule has 9 rings (SSSR count). The Morgan fingerprint density at radius 2 is 0.561 bits per heavy atom. The predicted octanol–water partition coefficient (Wildman–Crippen LogP) is 15.3. The number of benzene rings is 9. The van der Waals surface area contributed by atoms with Crippen molar-refractivity contribution in [2.45, 2.75) is 0 Å². The number of nitrogens with one attached hydrogen (secondary N) is 2. The Hall–Kier alpha value is -7.62. The average molecular weight is 732 g/mol. The molecular formula is C54H41N3. The van der Waals surface area contributed by atoms with Crippen LogP contribution in [0.1, 0.15) is 0 Å². The third-order valence-corrected chi connectivity index (χ3v) is 10.2. The highest BCUT2D eigenvalue weighted by Crippen LogP contribution is 2.39. The summed E-state index contributed by atoms with van der Waals surface area (Å²) in [6.07, 6.45) is 0. The second-order valence-corrected chi connectivity index (χ2v) is 14.0. The van der Waals surface area contributed by atoms with Crippen molar-refractivity contribution in [2.24, 2.45) is 0 Å². The summed E-state index contributed by atoms with van der Waals surface area (Å²) in [5.74, 6) is 0. The van der Waals surface area contributed by atoms with Crippen LogP contribution in [-0.2, 0) is 0 Å². The second-order valence-electron chi connectivity index (χ2n) is 14.0. The summed E-state index contributed by atoms with van der Waals surface area (Å²) in [5, 5.41) is 7.18. The van der Waals surface area contributed by atoms with Crippen molar-refractivity contribution in [1.82, 2.24) is 0 Å². The zero-order chi connectivity index (χ0) is 38.2. The molecule has 9 aromatic rings. The van der Waals surface area contributed by atoms with Crippen molar-refractivity contribution < 1.29 is 0 Å². The zero-order valence-electron chi connectivity index (χ0n) is 31.5. The van der Waals surface area contributed by atoms with E-state index in [1.165, 1.54) is 27.8 Å². The Balaban J connectivity index is 1.01. The molecule has 3 nitrogen and oxygen atoms in total. The molecule has 0 fully saturated rings. The number of para-hydroxylation sites is 3. The minimum absolute atomic E-state index is 1.03. The topological polar surface area (TPSA) is 27.3 Å². The third-order valence-electron chi connectivity index (χ3n) is 10.2. The van der Waals surface area contributed by atoms with Crippen molar-refractivity contribution in [3.05, 3.63) is 237 Å². The van der Waals surface area contributed by atoms with Crippen LogP contribution in [0.3, 0.4) is 0 Å². The first-order valence-electron chi connectivity index (χ1n) is 19.3. The molecule has 0 saturated heterocycles. The van der Waals surface area contributed by atoms with E-state index in [2.05, 4.69) is 228 Å². The summed E-state index contributed by atoms with van der Waals surface area (Å²) >= 11 is 0. The molecule has 0 atom stereocenters. The number of hydrogen-bond acceptors (Lipinski definition) is 3. The highest BCUT2D eigenvalue weighted by molar-refractivity contribution is 5.88. The zero-order valence-corrected chi connectivity index (χ0v) is 31.5. The maximum atomic E-state index is 3.67. The Bertz CT molecular complexity index is 2620. The van der Waals surface area contributed by atoms with E-state index in [1.54, 1.807) is 0 Å². The Morgan fingerprint density at radius 3 is 1.11 bits per heavy atom. The Kier molecular flexibility index (Phi) is 10.1. The van der Waals surface area contributed by atoms with Gasteiger partial charge in [-0.05, 0) is 129 Å². The molecule has 57 heavy (non-hydrogen) atoms. The normalized spacial score (nSPS) is 10.8. The minimum atomic E-state index is 1.03. The molecule has 0 aliphatic rings. The first kappa shape index (κ1) is 35.1. The number of rotatable bonds is 11. The highest BCUT2D eigenvalue weighted by Gasteiger charge is 2.14. The van der Waals surface area contributed by atoms with Gasteiger partial charge in [0.05, 0.1) is 0 Å². The van der Waals surface area contributed by atoms with Crippen LogP contribution < -0.4 is 15.5 Å². The van der Waals surface area contributed by atoms with Gasteiger partial charge < -0.3 is 15.5 Å². The van der Waals surface area contributed by atoms with Gasteiger partial charge in [0.25, 0.3) is 0 Å². The van der Waals surface area contributed by atoms with Crippen molar-refractivity contribution in [3.63, 3.8) is 0 Å². The van der Waals surface area contributed by atoms with Crippen LogP contribution in [-0.4, -0.2) is 0 Å². The summed E-state index contributed by atoms with van der Waals surface area (Å²) in [4.78, 5) is 2.29. The van der Waals surface area contributed by atoms with Gasteiger partial charge in [0.15, 0.2) is 0 Å². The van der Waals surface area contributed by atoms with E-state index in [1.807, 2.05) is 24.3 Å². The fourth-order valence-electron chi connectivity index (χ4n) is 7.32.